The largest absolute Gasteiger partial charge is 0.356 e. The standard InChI is InChI=1S/C22H30N6S/c1-16-7-4-10-20-26-18(15-28(16)20)14-25-22(23-2)24-13-17-8-5-11-27(3)21(17)19-9-6-12-29-19/h4,6-7,9-10,12,15,17,21H,5,8,11,13-14H2,1-3H3,(H2,23,24,25). The molecule has 0 amide bonds. The molecule has 6 nitrogen and oxygen atoms in total. The van der Waals surface area contributed by atoms with Gasteiger partial charge in [-0.1, -0.05) is 12.1 Å². The van der Waals surface area contributed by atoms with Gasteiger partial charge in [0.1, 0.15) is 5.65 Å². The van der Waals surface area contributed by atoms with E-state index in [1.165, 1.54) is 30.0 Å². The Labute approximate surface area is 176 Å². The summed E-state index contributed by atoms with van der Waals surface area (Å²) in [5, 5.41) is 9.15. The van der Waals surface area contributed by atoms with Crippen LogP contribution in [0.1, 0.15) is 35.1 Å². The van der Waals surface area contributed by atoms with Crippen LogP contribution < -0.4 is 10.6 Å². The molecule has 1 aliphatic rings. The van der Waals surface area contributed by atoms with Gasteiger partial charge in [0.25, 0.3) is 0 Å². The van der Waals surface area contributed by atoms with Crippen LogP contribution in [0.15, 0.2) is 46.9 Å². The van der Waals surface area contributed by atoms with Crippen molar-refractivity contribution in [2.24, 2.45) is 10.9 Å². The number of rotatable bonds is 5. The van der Waals surface area contributed by atoms with Gasteiger partial charge >= 0.3 is 0 Å². The van der Waals surface area contributed by atoms with Crippen LogP contribution in [0.2, 0.25) is 0 Å². The Kier molecular flexibility index (Phi) is 6.16. The molecule has 0 radical (unpaired) electrons. The fourth-order valence-corrected chi connectivity index (χ4v) is 5.27. The average molecular weight is 411 g/mol. The van der Waals surface area contributed by atoms with Gasteiger partial charge in [0.15, 0.2) is 5.96 Å². The molecule has 0 aromatic carbocycles. The summed E-state index contributed by atoms with van der Waals surface area (Å²) in [5.41, 5.74) is 3.18. The first-order chi connectivity index (χ1) is 14.2. The summed E-state index contributed by atoms with van der Waals surface area (Å²) in [4.78, 5) is 13.1. The predicted octanol–water partition coefficient (Wildman–Crippen LogP) is 3.45. The van der Waals surface area contributed by atoms with E-state index in [4.69, 9.17) is 4.98 Å². The molecule has 1 fully saturated rings. The van der Waals surface area contributed by atoms with Crippen LogP contribution in [0.4, 0.5) is 0 Å². The van der Waals surface area contributed by atoms with Crippen molar-refractivity contribution in [2.45, 2.75) is 32.4 Å². The number of piperidine rings is 1. The summed E-state index contributed by atoms with van der Waals surface area (Å²) in [7, 11) is 4.07. The molecule has 4 rings (SSSR count). The van der Waals surface area contributed by atoms with E-state index in [1.807, 2.05) is 30.5 Å². The van der Waals surface area contributed by atoms with Crippen molar-refractivity contribution in [3.8, 4) is 0 Å². The van der Waals surface area contributed by atoms with Gasteiger partial charge in [0.05, 0.1) is 12.2 Å². The molecule has 2 N–H and O–H groups in total. The van der Waals surface area contributed by atoms with E-state index >= 15 is 0 Å². The van der Waals surface area contributed by atoms with Crippen LogP contribution in [-0.4, -0.2) is 47.4 Å². The number of aromatic nitrogens is 2. The van der Waals surface area contributed by atoms with Gasteiger partial charge in [0, 0.05) is 36.4 Å². The van der Waals surface area contributed by atoms with Gasteiger partial charge < -0.3 is 15.0 Å². The maximum Gasteiger partial charge on any atom is 0.191 e. The zero-order valence-electron chi connectivity index (χ0n) is 17.4. The molecule has 4 heterocycles. The fourth-order valence-electron chi connectivity index (χ4n) is 4.29. The van der Waals surface area contributed by atoms with Crippen LogP contribution in [0.25, 0.3) is 5.65 Å². The number of aryl methyl sites for hydroxylation is 1. The van der Waals surface area contributed by atoms with Crippen molar-refractivity contribution >= 4 is 22.9 Å². The molecule has 154 valence electrons. The van der Waals surface area contributed by atoms with Gasteiger partial charge in [-0.25, -0.2) is 4.98 Å². The molecular weight excluding hydrogens is 380 g/mol. The first kappa shape index (κ1) is 19.9. The SMILES string of the molecule is CN=C(NCc1cn2c(C)cccc2n1)NCC1CCCN(C)C1c1cccs1. The molecule has 0 aliphatic carbocycles. The van der Waals surface area contributed by atoms with Gasteiger partial charge in [-0.15, -0.1) is 11.3 Å². The number of thiophene rings is 1. The topological polar surface area (TPSA) is 57.0 Å². The maximum atomic E-state index is 4.70. The van der Waals surface area contributed by atoms with Gasteiger partial charge in [-0.3, -0.25) is 9.89 Å². The number of aliphatic imine (C=N–C) groups is 1. The molecule has 7 heteroatoms. The lowest BCUT2D eigenvalue weighted by Gasteiger charge is -2.39. The van der Waals surface area contributed by atoms with Crippen molar-refractivity contribution < 1.29 is 0 Å². The van der Waals surface area contributed by atoms with E-state index in [9.17, 15) is 0 Å². The van der Waals surface area contributed by atoms with Gasteiger partial charge in [0.2, 0.25) is 0 Å². The Morgan fingerprint density at radius 2 is 2.17 bits per heavy atom. The third kappa shape index (κ3) is 4.46. The van der Waals surface area contributed by atoms with Crippen molar-refractivity contribution in [3.05, 3.63) is 58.2 Å². The van der Waals surface area contributed by atoms with E-state index < -0.39 is 0 Å². The number of guanidine groups is 1. The number of nitrogens with zero attached hydrogens (tertiary/aromatic N) is 4. The number of nitrogens with one attached hydrogen (secondary N) is 2. The minimum atomic E-state index is 0.482. The second-order valence-electron chi connectivity index (χ2n) is 7.78. The summed E-state index contributed by atoms with van der Waals surface area (Å²) in [6.07, 6.45) is 4.58. The van der Waals surface area contributed by atoms with E-state index in [2.05, 4.69) is 68.7 Å². The quantitative estimate of drug-likeness (QED) is 0.500. The molecule has 0 spiro atoms. The third-order valence-electron chi connectivity index (χ3n) is 5.78. The summed E-state index contributed by atoms with van der Waals surface area (Å²) in [6.45, 7) is 4.83. The fraction of sp³-hybridized carbons (Fsp3) is 0.455. The van der Waals surface area contributed by atoms with Gasteiger partial charge in [-0.05, 0) is 62.9 Å². The second kappa shape index (κ2) is 8.97. The number of hydrogen-bond donors (Lipinski definition) is 2. The number of fused-ring (bicyclic) bond motifs is 1. The van der Waals surface area contributed by atoms with E-state index in [-0.39, 0.29) is 0 Å². The summed E-state index contributed by atoms with van der Waals surface area (Å²) in [6, 6.07) is 11.1. The Morgan fingerprint density at radius 1 is 1.28 bits per heavy atom. The smallest absolute Gasteiger partial charge is 0.191 e. The van der Waals surface area contributed by atoms with E-state index in [0.29, 0.717) is 18.5 Å². The highest BCUT2D eigenvalue weighted by Gasteiger charge is 2.31. The maximum absolute atomic E-state index is 4.70. The molecule has 1 aliphatic heterocycles. The minimum Gasteiger partial charge on any atom is -0.356 e. The first-order valence-electron chi connectivity index (χ1n) is 10.3. The monoisotopic (exact) mass is 410 g/mol. The normalized spacial score (nSPS) is 20.9. The number of likely N-dealkylation sites (tertiary alicyclic amines) is 1. The Bertz CT molecular complexity index is 961. The zero-order valence-corrected chi connectivity index (χ0v) is 18.2. The van der Waals surface area contributed by atoms with Crippen molar-refractivity contribution in [2.75, 3.05) is 27.2 Å². The molecular formula is C22H30N6S. The van der Waals surface area contributed by atoms with Crippen LogP contribution in [0.5, 0.6) is 0 Å². The molecule has 3 aromatic rings. The molecule has 3 aromatic heterocycles. The summed E-state index contributed by atoms with van der Waals surface area (Å²) in [5.74, 6) is 1.40. The Balaban J connectivity index is 1.36. The highest BCUT2D eigenvalue weighted by molar-refractivity contribution is 7.10. The van der Waals surface area contributed by atoms with Crippen LogP contribution in [0, 0.1) is 12.8 Å². The lowest BCUT2D eigenvalue weighted by atomic mass is 9.88. The number of hydrogen-bond acceptors (Lipinski definition) is 4. The van der Waals surface area contributed by atoms with E-state index in [1.54, 1.807) is 0 Å². The first-order valence-corrected chi connectivity index (χ1v) is 11.2. The highest BCUT2D eigenvalue weighted by Crippen LogP contribution is 2.36. The van der Waals surface area contributed by atoms with Crippen molar-refractivity contribution in [3.63, 3.8) is 0 Å². The second-order valence-corrected chi connectivity index (χ2v) is 8.76. The predicted molar refractivity (Wildman–Crippen MR) is 121 cm³/mol. The highest BCUT2D eigenvalue weighted by atomic mass is 32.1. The van der Waals surface area contributed by atoms with Crippen molar-refractivity contribution in [1.82, 2.24) is 24.9 Å². The Hall–Kier alpha value is -2.38. The average Bonchev–Trinajstić information content (AvgIpc) is 3.38. The third-order valence-corrected chi connectivity index (χ3v) is 6.72. The van der Waals surface area contributed by atoms with Crippen LogP contribution >= 0.6 is 11.3 Å². The lowest BCUT2D eigenvalue weighted by Crippen LogP contribution is -2.44. The van der Waals surface area contributed by atoms with Crippen LogP contribution in [-0.2, 0) is 6.54 Å². The number of imidazole rings is 1. The van der Waals surface area contributed by atoms with Crippen molar-refractivity contribution in [1.29, 1.82) is 0 Å². The minimum absolute atomic E-state index is 0.482. The Morgan fingerprint density at radius 3 is 2.93 bits per heavy atom. The molecule has 2 unspecified atom stereocenters. The lowest BCUT2D eigenvalue weighted by molar-refractivity contribution is 0.125. The molecule has 29 heavy (non-hydrogen) atoms. The summed E-state index contributed by atoms with van der Waals surface area (Å²) < 4.78 is 2.12. The van der Waals surface area contributed by atoms with Crippen LogP contribution in [0.3, 0.4) is 0 Å². The van der Waals surface area contributed by atoms with Gasteiger partial charge in [-0.2, -0.15) is 0 Å². The molecule has 0 saturated carbocycles. The summed E-state index contributed by atoms with van der Waals surface area (Å²) >= 11 is 1.86. The van der Waals surface area contributed by atoms with E-state index in [0.717, 1.165) is 23.8 Å². The molecule has 2 atom stereocenters. The zero-order chi connectivity index (χ0) is 20.2. The molecule has 0 bridgehead atoms. The number of pyridine rings is 1. The molecule has 1 saturated heterocycles.